The first-order valence-electron chi connectivity index (χ1n) is 1.57. The minimum atomic E-state index is -5.17. The second-order valence-electron chi connectivity index (χ2n) is 0.900. The maximum atomic E-state index is 8.89. The Bertz CT molecular complexity index is 161. The van der Waals surface area contributed by atoms with Gasteiger partial charge in [-0.1, -0.05) is 0 Å². The average Bonchev–Trinajstić information content (AvgIpc) is 1.19. The van der Waals surface area contributed by atoms with Gasteiger partial charge in [0, 0.05) is 16.4 Å². The van der Waals surface area contributed by atoms with Crippen LogP contribution in [0.25, 0.3) is 0 Å². The van der Waals surface area contributed by atoms with Gasteiger partial charge in [0.1, 0.15) is 0 Å². The van der Waals surface area contributed by atoms with Crippen LogP contribution in [-0.2, 0) is 54.1 Å². The molecule has 0 aliphatic rings. The third-order valence-corrected chi connectivity index (χ3v) is 0. The molecule has 9 heteroatoms. The van der Waals surface area contributed by atoms with E-state index in [4.69, 9.17) is 27.4 Å². The van der Waals surface area contributed by atoms with Gasteiger partial charge in [0.05, 0.1) is 0 Å². The molecular formula is C2H3O6SZn2+. The molecule has 6 nitrogen and oxygen atoms in total. The summed E-state index contributed by atoms with van der Waals surface area (Å²) in [5.41, 5.74) is 0. The molecule has 0 atom stereocenters. The largest absolute Gasteiger partial charge is 2.00 e. The molecule has 0 heterocycles. The number of carbonyl (C=O) groups excluding carboxylic acids is 1. The zero-order chi connectivity index (χ0) is 8.08. The van der Waals surface area contributed by atoms with E-state index in [-0.39, 0.29) is 39.0 Å². The summed E-state index contributed by atoms with van der Waals surface area (Å²) in [6.45, 7) is 0.972. The topological polar surface area (TPSA) is 120 Å². The van der Waals surface area contributed by atoms with Crippen LogP contribution in [0.2, 0.25) is 0 Å². The zero-order valence-corrected chi connectivity index (χ0v) is 12.5. The van der Waals surface area contributed by atoms with Crippen molar-refractivity contribution in [3.05, 3.63) is 0 Å². The number of aliphatic carboxylic acids is 1. The number of hydrogen-bond acceptors (Lipinski definition) is 6. The molecule has 0 saturated heterocycles. The van der Waals surface area contributed by atoms with Gasteiger partial charge in [-0.25, -0.2) is 0 Å². The predicted octanol–water partition coefficient (Wildman–Crippen LogP) is -2.59. The van der Waals surface area contributed by atoms with Crippen LogP contribution < -0.4 is 5.11 Å². The molecule has 11 heavy (non-hydrogen) atoms. The summed E-state index contributed by atoms with van der Waals surface area (Å²) >= 11 is 0. The number of carboxylic acid groups (broad SMARTS) is 1. The maximum Gasteiger partial charge on any atom is 2.00 e. The molecule has 0 aliphatic heterocycles. The number of carbonyl (C=O) groups is 1. The Kier molecular flexibility index (Phi) is 21.7. The summed E-state index contributed by atoms with van der Waals surface area (Å²) in [7, 11) is -5.17. The maximum absolute atomic E-state index is 8.89. The van der Waals surface area contributed by atoms with Crippen molar-refractivity contribution in [2.75, 3.05) is 0 Å². The Morgan fingerprint density at radius 2 is 1.18 bits per heavy atom. The Morgan fingerprint density at radius 1 is 1.18 bits per heavy atom. The van der Waals surface area contributed by atoms with Gasteiger partial charge in [0.25, 0.3) is 0 Å². The van der Waals surface area contributed by atoms with Crippen molar-refractivity contribution in [2.45, 2.75) is 6.92 Å². The molecule has 0 fully saturated rings. The quantitative estimate of drug-likeness (QED) is 0.274. The van der Waals surface area contributed by atoms with E-state index in [1.54, 1.807) is 0 Å². The first-order valence-corrected chi connectivity index (χ1v) is 2.91. The molecule has 0 N–H and O–H groups in total. The minimum Gasteiger partial charge on any atom is -0.759 e. The molecule has 0 unspecified atom stereocenters. The molecule has 0 spiro atoms. The molecule has 0 saturated carbocycles. The van der Waals surface area contributed by atoms with Gasteiger partial charge in [-0.05, 0) is 6.92 Å². The first kappa shape index (κ1) is 22.6. The van der Waals surface area contributed by atoms with Crippen molar-refractivity contribution >= 4 is 16.4 Å². The van der Waals surface area contributed by atoms with Crippen LogP contribution >= 0.6 is 0 Å². The molecule has 0 amide bonds. The number of rotatable bonds is 0. The van der Waals surface area contributed by atoms with Crippen molar-refractivity contribution < 1.29 is 66.4 Å². The fourth-order valence-corrected chi connectivity index (χ4v) is 0. The fourth-order valence-electron chi connectivity index (χ4n) is 0. The summed E-state index contributed by atoms with van der Waals surface area (Å²) in [4.78, 5) is 8.89. The normalized spacial score (nSPS) is 7.55. The van der Waals surface area contributed by atoms with Gasteiger partial charge < -0.3 is 19.0 Å². The van der Waals surface area contributed by atoms with Crippen LogP contribution in [0.1, 0.15) is 6.92 Å². The molecule has 56 valence electrons. The Labute approximate surface area is 89.5 Å². The van der Waals surface area contributed by atoms with Crippen LogP contribution in [0, 0.1) is 0 Å². The van der Waals surface area contributed by atoms with Gasteiger partial charge in [0.15, 0.2) is 0 Å². The van der Waals surface area contributed by atoms with E-state index in [1.807, 2.05) is 0 Å². The molecule has 0 aliphatic carbocycles. The van der Waals surface area contributed by atoms with Crippen molar-refractivity contribution in [1.82, 2.24) is 0 Å². The SMILES string of the molecule is CC(=O)[O-].O=S(=O)([O-])[O-].[Zn+2].[Zn+2]. The molecule has 0 rings (SSSR count). The van der Waals surface area contributed by atoms with Gasteiger partial charge in [0.2, 0.25) is 0 Å². The molecule has 0 aromatic carbocycles. The van der Waals surface area contributed by atoms with E-state index < -0.39 is 16.4 Å². The van der Waals surface area contributed by atoms with Crippen LogP contribution in [0.5, 0.6) is 0 Å². The minimum absolute atomic E-state index is 0. The number of hydrogen-bond donors (Lipinski definition) is 0. The summed E-state index contributed by atoms with van der Waals surface area (Å²) in [5.74, 6) is -1.08. The van der Waals surface area contributed by atoms with Crippen LogP contribution in [0.15, 0.2) is 0 Å². The molecule has 0 radical (unpaired) electrons. The summed E-state index contributed by atoms with van der Waals surface area (Å²) in [6, 6.07) is 0. The van der Waals surface area contributed by atoms with Crippen molar-refractivity contribution in [2.24, 2.45) is 0 Å². The van der Waals surface area contributed by atoms with Crippen LogP contribution in [0.3, 0.4) is 0 Å². The predicted molar refractivity (Wildman–Crippen MR) is 21.2 cm³/mol. The smallest absolute Gasteiger partial charge is 0.759 e. The van der Waals surface area contributed by atoms with E-state index >= 15 is 0 Å². The summed E-state index contributed by atoms with van der Waals surface area (Å²) in [6.07, 6.45) is 0. The van der Waals surface area contributed by atoms with Gasteiger partial charge in [-0.2, -0.15) is 0 Å². The van der Waals surface area contributed by atoms with Gasteiger partial charge in [-0.15, -0.1) is 0 Å². The molecular weight excluding hydrogens is 283 g/mol. The van der Waals surface area contributed by atoms with E-state index in [0.29, 0.717) is 0 Å². The van der Waals surface area contributed by atoms with E-state index in [2.05, 4.69) is 0 Å². The van der Waals surface area contributed by atoms with Gasteiger partial charge >= 0.3 is 39.0 Å². The Balaban J connectivity index is -0.0000000383. The summed E-state index contributed by atoms with van der Waals surface area (Å²) < 4.78 is 34.1. The van der Waals surface area contributed by atoms with E-state index in [0.717, 1.165) is 6.92 Å². The standard InChI is InChI=1S/C2H4O2.H2O4S.2Zn/c1-2(3)4;1-5(2,3)4;;/h1H3,(H,3,4);(H2,1,2,3,4);;/q;;2*+2/p-3. The Morgan fingerprint density at radius 3 is 1.18 bits per heavy atom. The van der Waals surface area contributed by atoms with Crippen LogP contribution in [0.4, 0.5) is 0 Å². The molecule has 0 aromatic heterocycles. The van der Waals surface area contributed by atoms with E-state index in [1.165, 1.54) is 0 Å². The molecule has 0 aromatic rings. The van der Waals surface area contributed by atoms with Crippen molar-refractivity contribution in [3.8, 4) is 0 Å². The first-order chi connectivity index (χ1) is 3.73. The van der Waals surface area contributed by atoms with E-state index in [9.17, 15) is 0 Å². The average molecular weight is 286 g/mol. The fraction of sp³-hybridized carbons (Fsp3) is 0.500. The molecule has 0 bridgehead atoms. The van der Waals surface area contributed by atoms with Gasteiger partial charge in [-0.3, -0.25) is 8.42 Å². The van der Waals surface area contributed by atoms with Crippen LogP contribution in [-0.4, -0.2) is 23.5 Å². The zero-order valence-electron chi connectivity index (χ0n) is 5.77. The van der Waals surface area contributed by atoms with Crippen molar-refractivity contribution in [3.63, 3.8) is 0 Å². The number of carboxylic acids is 1. The second-order valence-corrected chi connectivity index (χ2v) is 1.72. The summed E-state index contributed by atoms with van der Waals surface area (Å²) in [5, 5.41) is 8.89. The third-order valence-electron chi connectivity index (χ3n) is 0. The van der Waals surface area contributed by atoms with Crippen molar-refractivity contribution in [1.29, 1.82) is 0 Å². The monoisotopic (exact) mass is 283 g/mol. The second kappa shape index (κ2) is 10.6. The Hall–Kier alpha value is 0.587. The third kappa shape index (κ3) is 2270.